The van der Waals surface area contributed by atoms with E-state index >= 15 is 0 Å². The Bertz CT molecular complexity index is 521. The van der Waals surface area contributed by atoms with Crippen LogP contribution in [0.4, 0.5) is 0 Å². The van der Waals surface area contributed by atoms with Crippen LogP contribution in [0.15, 0.2) is 0 Å². The molecule has 0 aliphatic rings. The lowest BCUT2D eigenvalue weighted by Gasteiger charge is -2.24. The summed E-state index contributed by atoms with van der Waals surface area (Å²) in [6.07, 6.45) is 44.0. The molecule has 43 heavy (non-hydrogen) atoms. The van der Waals surface area contributed by atoms with Crippen LogP contribution in [-0.2, 0) is 9.53 Å². The number of hydrogen-bond donors (Lipinski definition) is 0. The lowest BCUT2D eigenvalue weighted by molar-refractivity contribution is -0.862. The Hall–Kier alpha value is -0.570. The van der Waals surface area contributed by atoms with Crippen LogP contribution in [-0.4, -0.2) is 44.2 Å². The van der Waals surface area contributed by atoms with Crippen molar-refractivity contribution in [3.05, 3.63) is 0 Å². The molecule has 3 heteroatoms. The lowest BCUT2D eigenvalue weighted by Crippen LogP contribution is -2.41. The molecule has 0 saturated carbocycles. The van der Waals surface area contributed by atoms with Gasteiger partial charge in [-0.1, -0.05) is 194 Å². The van der Waals surface area contributed by atoms with Crippen LogP contribution in [0.1, 0.15) is 219 Å². The molecule has 258 valence electrons. The first-order valence-corrected chi connectivity index (χ1v) is 19.9. The molecule has 0 radical (unpaired) electrons. The Balaban J connectivity index is 3.85. The maximum Gasteiger partial charge on any atom is 0.362 e. The van der Waals surface area contributed by atoms with Crippen molar-refractivity contribution in [3.8, 4) is 0 Å². The molecule has 0 aliphatic carbocycles. The number of rotatable bonds is 35. The molecule has 0 amide bonds. The molecule has 0 bridgehead atoms. The van der Waals surface area contributed by atoms with Gasteiger partial charge in [0.05, 0.1) is 21.1 Å². The molecule has 0 unspecified atom stereocenters. The fraction of sp³-hybridized carbons (Fsp3) is 0.975. The van der Waals surface area contributed by atoms with E-state index in [2.05, 4.69) is 35.0 Å². The van der Waals surface area contributed by atoms with Crippen molar-refractivity contribution in [1.29, 1.82) is 0 Å². The van der Waals surface area contributed by atoms with Gasteiger partial charge in [-0.05, 0) is 25.7 Å². The van der Waals surface area contributed by atoms with Gasteiger partial charge in [0.15, 0.2) is 6.54 Å². The van der Waals surface area contributed by atoms with E-state index < -0.39 is 0 Å². The monoisotopic (exact) mass is 609 g/mol. The zero-order chi connectivity index (χ0) is 31.7. The number of likely N-dealkylation sites (N-methyl/N-ethyl adjacent to an activating group) is 1. The van der Waals surface area contributed by atoms with Gasteiger partial charge in [-0.15, -0.1) is 0 Å². The van der Waals surface area contributed by atoms with E-state index in [0.29, 0.717) is 11.0 Å². The van der Waals surface area contributed by atoms with Crippen LogP contribution in [0, 0.1) is 0 Å². The van der Waals surface area contributed by atoms with Crippen molar-refractivity contribution in [3.63, 3.8) is 0 Å². The normalized spacial score (nSPS) is 12.0. The van der Waals surface area contributed by atoms with E-state index in [1.165, 1.54) is 193 Å². The zero-order valence-corrected chi connectivity index (χ0v) is 30.7. The number of esters is 1. The largest absolute Gasteiger partial charge is 0.458 e. The highest BCUT2D eigenvalue weighted by Gasteiger charge is 2.20. The molecule has 0 aliphatic heterocycles. The summed E-state index contributed by atoms with van der Waals surface area (Å²) in [5.41, 5.74) is 0. The number of unbranched alkanes of at least 4 members (excludes halogenated alkanes) is 28. The summed E-state index contributed by atoms with van der Waals surface area (Å²) in [6.45, 7) is 5.06. The van der Waals surface area contributed by atoms with E-state index in [0.717, 1.165) is 12.8 Å². The topological polar surface area (TPSA) is 26.3 Å². The molecule has 0 rings (SSSR count). The molecular formula is C40H82NO2+. The smallest absolute Gasteiger partial charge is 0.362 e. The highest BCUT2D eigenvalue weighted by Crippen LogP contribution is 2.19. The van der Waals surface area contributed by atoms with E-state index in [1.54, 1.807) is 0 Å². The third kappa shape index (κ3) is 35.8. The molecule has 3 nitrogen and oxygen atoms in total. The SMILES string of the molecule is CCCCCCCCCCCCCCCCCC(CCCCCCCCCCCCCCCCC)OC(=O)C[N+](C)(C)C. The van der Waals surface area contributed by atoms with Crippen molar-refractivity contribution in [1.82, 2.24) is 0 Å². The van der Waals surface area contributed by atoms with Gasteiger partial charge in [-0.2, -0.15) is 0 Å². The Morgan fingerprint density at radius 3 is 0.884 bits per heavy atom. The third-order valence-electron chi connectivity index (χ3n) is 9.16. The number of hydrogen-bond acceptors (Lipinski definition) is 2. The summed E-state index contributed by atoms with van der Waals surface area (Å²) in [5, 5.41) is 0. The number of quaternary nitrogens is 1. The van der Waals surface area contributed by atoms with Crippen LogP contribution >= 0.6 is 0 Å². The highest BCUT2D eigenvalue weighted by atomic mass is 16.5. The fourth-order valence-corrected chi connectivity index (χ4v) is 6.36. The molecule has 0 aromatic carbocycles. The maximum absolute atomic E-state index is 12.6. The van der Waals surface area contributed by atoms with Gasteiger partial charge in [0.25, 0.3) is 0 Å². The fourth-order valence-electron chi connectivity index (χ4n) is 6.36. The van der Waals surface area contributed by atoms with Crippen LogP contribution < -0.4 is 0 Å². The van der Waals surface area contributed by atoms with E-state index in [1.807, 2.05) is 0 Å². The van der Waals surface area contributed by atoms with E-state index in [-0.39, 0.29) is 12.1 Å². The minimum atomic E-state index is -0.0144. The van der Waals surface area contributed by atoms with Crippen molar-refractivity contribution >= 4 is 5.97 Å². The molecular weight excluding hydrogens is 526 g/mol. The zero-order valence-electron chi connectivity index (χ0n) is 30.7. The predicted octanol–water partition coefficient (Wildman–Crippen LogP) is 13.1. The van der Waals surface area contributed by atoms with Crippen LogP contribution in [0.5, 0.6) is 0 Å². The molecule has 0 heterocycles. The summed E-state index contributed by atoms with van der Waals surface area (Å²) in [6, 6.07) is 0. The maximum atomic E-state index is 12.6. The minimum Gasteiger partial charge on any atom is -0.458 e. The number of carbonyl (C=O) groups excluding carboxylic acids is 1. The van der Waals surface area contributed by atoms with E-state index in [9.17, 15) is 4.79 Å². The Morgan fingerprint density at radius 2 is 0.651 bits per heavy atom. The first kappa shape index (κ1) is 42.4. The van der Waals surface area contributed by atoms with Gasteiger partial charge in [-0.3, -0.25) is 0 Å². The summed E-state index contributed by atoms with van der Waals surface area (Å²) in [7, 11) is 6.21. The Morgan fingerprint density at radius 1 is 0.419 bits per heavy atom. The molecule has 0 fully saturated rings. The first-order chi connectivity index (χ1) is 20.9. The number of ether oxygens (including phenoxy) is 1. The minimum absolute atomic E-state index is 0.0144. The average Bonchev–Trinajstić information content (AvgIpc) is 2.96. The van der Waals surface area contributed by atoms with Crippen LogP contribution in [0.2, 0.25) is 0 Å². The molecule has 0 atom stereocenters. The lowest BCUT2D eigenvalue weighted by atomic mass is 10.0. The molecule has 0 saturated heterocycles. The second-order valence-electron chi connectivity index (χ2n) is 15.0. The van der Waals surface area contributed by atoms with Crippen LogP contribution in [0.3, 0.4) is 0 Å². The number of nitrogens with zero attached hydrogens (tertiary/aromatic N) is 1. The third-order valence-corrected chi connectivity index (χ3v) is 9.16. The van der Waals surface area contributed by atoms with Gasteiger partial charge in [0.1, 0.15) is 6.10 Å². The first-order valence-electron chi connectivity index (χ1n) is 19.9. The predicted molar refractivity (Wildman–Crippen MR) is 192 cm³/mol. The van der Waals surface area contributed by atoms with Gasteiger partial charge in [0, 0.05) is 0 Å². The highest BCUT2D eigenvalue weighted by molar-refractivity contribution is 5.70. The quantitative estimate of drug-likeness (QED) is 0.0406. The second kappa shape index (κ2) is 32.8. The summed E-state index contributed by atoms with van der Waals surface area (Å²) in [5.74, 6) is -0.0144. The van der Waals surface area contributed by atoms with Gasteiger partial charge >= 0.3 is 5.97 Å². The van der Waals surface area contributed by atoms with Crippen LogP contribution in [0.25, 0.3) is 0 Å². The number of carbonyl (C=O) groups is 1. The standard InChI is InChI=1S/C40H82NO2/c1-6-8-10-12-14-16-18-20-22-24-26-28-30-32-34-36-39(43-40(42)38-41(3,4)5)37-35-33-31-29-27-25-23-21-19-17-15-13-11-9-7-2/h39H,6-38H2,1-5H3/q+1. The molecule has 0 spiro atoms. The van der Waals surface area contributed by atoms with Crippen molar-refractivity contribution in [2.75, 3.05) is 27.7 Å². The summed E-state index contributed by atoms with van der Waals surface area (Å²) >= 11 is 0. The summed E-state index contributed by atoms with van der Waals surface area (Å²) < 4.78 is 6.65. The average molecular weight is 609 g/mol. The Kier molecular flexibility index (Phi) is 32.4. The van der Waals surface area contributed by atoms with Gasteiger partial charge in [-0.25, -0.2) is 4.79 Å². The molecule has 0 aromatic heterocycles. The van der Waals surface area contributed by atoms with Crippen molar-refractivity contribution in [2.45, 2.75) is 225 Å². The molecule has 0 N–H and O–H groups in total. The van der Waals surface area contributed by atoms with Gasteiger partial charge < -0.3 is 9.22 Å². The molecule has 0 aromatic rings. The second-order valence-corrected chi connectivity index (χ2v) is 15.0. The summed E-state index contributed by atoms with van der Waals surface area (Å²) in [4.78, 5) is 12.6. The van der Waals surface area contributed by atoms with E-state index in [4.69, 9.17) is 4.74 Å². The van der Waals surface area contributed by atoms with Crippen molar-refractivity contribution < 1.29 is 14.0 Å². The van der Waals surface area contributed by atoms with Crippen molar-refractivity contribution in [2.24, 2.45) is 0 Å². The Labute approximate surface area is 272 Å². The van der Waals surface area contributed by atoms with Gasteiger partial charge in [0.2, 0.25) is 0 Å².